The molecule has 1 aliphatic carbocycles. The van der Waals surface area contributed by atoms with E-state index in [4.69, 9.17) is 5.73 Å². The summed E-state index contributed by atoms with van der Waals surface area (Å²) in [6.07, 6.45) is 2.75. The van der Waals surface area contributed by atoms with Crippen LogP contribution in [0.3, 0.4) is 0 Å². The van der Waals surface area contributed by atoms with Crippen molar-refractivity contribution in [1.29, 1.82) is 0 Å². The first kappa shape index (κ1) is 16.2. The lowest BCUT2D eigenvalue weighted by Gasteiger charge is -2.34. The fraction of sp³-hybridized carbons (Fsp3) is 0.500. The molecule has 2 heterocycles. The van der Waals surface area contributed by atoms with Crippen molar-refractivity contribution in [2.75, 3.05) is 0 Å². The lowest BCUT2D eigenvalue weighted by atomic mass is 9.87. The van der Waals surface area contributed by atoms with E-state index in [1.54, 1.807) is 4.90 Å². The molecule has 2 fully saturated rings. The molecule has 1 aromatic rings. The van der Waals surface area contributed by atoms with Crippen LogP contribution in [0.5, 0.6) is 0 Å². The molecule has 0 aromatic heterocycles. The molecule has 0 bridgehead atoms. The van der Waals surface area contributed by atoms with Crippen molar-refractivity contribution in [3.8, 4) is 0 Å². The van der Waals surface area contributed by atoms with Crippen molar-refractivity contribution in [1.82, 2.24) is 15.5 Å². The molecule has 132 valence electrons. The van der Waals surface area contributed by atoms with Gasteiger partial charge in [-0.15, -0.1) is 0 Å². The largest absolute Gasteiger partial charge is 0.326 e. The molecule has 1 saturated carbocycles. The van der Waals surface area contributed by atoms with Crippen molar-refractivity contribution in [3.05, 3.63) is 34.9 Å². The van der Waals surface area contributed by atoms with Crippen LogP contribution in [0.25, 0.3) is 0 Å². The predicted molar refractivity (Wildman–Crippen MR) is 90.3 cm³/mol. The van der Waals surface area contributed by atoms with Gasteiger partial charge in [0.05, 0.1) is 0 Å². The molecule has 1 aromatic carbocycles. The van der Waals surface area contributed by atoms with Gasteiger partial charge in [0.15, 0.2) is 0 Å². The Bertz CT molecular complexity index is 748. The van der Waals surface area contributed by atoms with Crippen LogP contribution < -0.4 is 16.4 Å². The normalized spacial score (nSPS) is 28.6. The molecule has 1 saturated heterocycles. The second kappa shape index (κ2) is 6.24. The average Bonchev–Trinajstić information content (AvgIpc) is 2.91. The summed E-state index contributed by atoms with van der Waals surface area (Å²) in [6.45, 7) is 1.01. The third kappa shape index (κ3) is 2.83. The van der Waals surface area contributed by atoms with Crippen LogP contribution in [0.15, 0.2) is 18.2 Å². The van der Waals surface area contributed by atoms with Crippen LogP contribution in [0.4, 0.5) is 0 Å². The van der Waals surface area contributed by atoms with Crippen LogP contribution in [0.1, 0.15) is 47.2 Å². The summed E-state index contributed by atoms with van der Waals surface area (Å²) >= 11 is 0. The van der Waals surface area contributed by atoms with Gasteiger partial charge >= 0.3 is 0 Å². The Morgan fingerprint density at radius 3 is 2.72 bits per heavy atom. The number of nitrogens with one attached hydrogen (secondary N) is 2. The van der Waals surface area contributed by atoms with Crippen molar-refractivity contribution >= 4 is 17.7 Å². The van der Waals surface area contributed by atoms with Gasteiger partial charge in [0.1, 0.15) is 6.04 Å². The van der Waals surface area contributed by atoms with E-state index in [2.05, 4.69) is 10.6 Å². The van der Waals surface area contributed by atoms with Gasteiger partial charge in [-0.05, 0) is 30.4 Å². The minimum Gasteiger partial charge on any atom is -0.326 e. The maximum atomic E-state index is 12.9. The molecule has 3 unspecified atom stereocenters. The summed E-state index contributed by atoms with van der Waals surface area (Å²) in [7, 11) is 0. The molecule has 2 aliphatic heterocycles. The predicted octanol–water partition coefficient (Wildman–Crippen LogP) is 0.0269. The highest BCUT2D eigenvalue weighted by molar-refractivity contribution is 6.05. The van der Waals surface area contributed by atoms with Crippen LogP contribution >= 0.6 is 0 Å². The molecule has 7 heteroatoms. The van der Waals surface area contributed by atoms with E-state index in [0.29, 0.717) is 31.1 Å². The van der Waals surface area contributed by atoms with Crippen LogP contribution in [0, 0.1) is 0 Å². The number of rotatable bonds is 4. The molecular weight excluding hydrogens is 320 g/mol. The summed E-state index contributed by atoms with van der Waals surface area (Å²) in [5.41, 5.74) is 8.53. The van der Waals surface area contributed by atoms with E-state index in [9.17, 15) is 14.4 Å². The second-order valence-electron chi connectivity index (χ2n) is 7.08. The van der Waals surface area contributed by atoms with Crippen molar-refractivity contribution in [3.63, 3.8) is 0 Å². The monoisotopic (exact) mass is 342 g/mol. The van der Waals surface area contributed by atoms with Gasteiger partial charge in [-0.2, -0.15) is 0 Å². The Kier molecular flexibility index (Phi) is 4.05. The van der Waals surface area contributed by atoms with E-state index in [-0.39, 0.29) is 30.2 Å². The molecule has 0 spiro atoms. The number of hydrogen-bond donors (Lipinski definition) is 3. The SMILES string of the molecule is NC1CCC1NCc1cccc2c1C(=O)N(C1CCC(=O)NC1=O)C2. The summed E-state index contributed by atoms with van der Waals surface area (Å²) in [5, 5.41) is 5.76. The first-order chi connectivity index (χ1) is 12.0. The minimum atomic E-state index is -0.571. The summed E-state index contributed by atoms with van der Waals surface area (Å²) in [6, 6.07) is 5.74. The van der Waals surface area contributed by atoms with Crippen LogP contribution in [-0.4, -0.2) is 40.7 Å². The van der Waals surface area contributed by atoms with E-state index >= 15 is 0 Å². The molecule has 3 atom stereocenters. The Hall–Kier alpha value is -2.25. The topological polar surface area (TPSA) is 105 Å². The third-order valence-electron chi connectivity index (χ3n) is 5.52. The molecular formula is C18H22N4O3. The first-order valence-electron chi connectivity index (χ1n) is 8.79. The zero-order chi connectivity index (χ0) is 17.6. The van der Waals surface area contributed by atoms with Gasteiger partial charge < -0.3 is 16.0 Å². The number of amides is 3. The molecule has 7 nitrogen and oxygen atoms in total. The lowest BCUT2D eigenvalue weighted by molar-refractivity contribution is -0.136. The second-order valence-corrected chi connectivity index (χ2v) is 7.08. The van der Waals surface area contributed by atoms with Gasteiger partial charge in [0, 0.05) is 37.2 Å². The van der Waals surface area contributed by atoms with Crippen molar-refractivity contribution in [2.24, 2.45) is 5.73 Å². The number of carbonyl (C=O) groups is 3. The number of carbonyl (C=O) groups excluding carboxylic acids is 3. The molecule has 25 heavy (non-hydrogen) atoms. The standard InChI is InChI=1S/C18H22N4O3/c19-12-4-5-13(12)20-8-10-2-1-3-11-9-22(18(25)16(10)11)14-6-7-15(23)21-17(14)24/h1-3,12-14,20H,4-9,19H2,(H,21,23,24). The van der Waals surface area contributed by atoms with E-state index in [1.165, 1.54) is 0 Å². The van der Waals surface area contributed by atoms with Gasteiger partial charge in [-0.25, -0.2) is 0 Å². The highest BCUT2D eigenvalue weighted by atomic mass is 16.2. The number of fused-ring (bicyclic) bond motifs is 1. The molecule has 3 amide bonds. The third-order valence-corrected chi connectivity index (χ3v) is 5.52. The minimum absolute atomic E-state index is 0.125. The molecule has 0 radical (unpaired) electrons. The van der Waals surface area contributed by atoms with E-state index < -0.39 is 6.04 Å². The average molecular weight is 342 g/mol. The van der Waals surface area contributed by atoms with Crippen molar-refractivity contribution < 1.29 is 14.4 Å². The summed E-state index contributed by atoms with van der Waals surface area (Å²) in [5.74, 6) is -0.774. The summed E-state index contributed by atoms with van der Waals surface area (Å²) < 4.78 is 0. The number of nitrogens with two attached hydrogens (primary N) is 1. The Labute approximate surface area is 145 Å². The van der Waals surface area contributed by atoms with E-state index in [1.807, 2.05) is 18.2 Å². The van der Waals surface area contributed by atoms with Crippen molar-refractivity contribution in [2.45, 2.75) is 56.9 Å². The van der Waals surface area contributed by atoms with Crippen LogP contribution in [0.2, 0.25) is 0 Å². The quantitative estimate of drug-likeness (QED) is 0.670. The smallest absolute Gasteiger partial charge is 0.255 e. The number of hydrogen-bond acceptors (Lipinski definition) is 5. The van der Waals surface area contributed by atoms with Gasteiger partial charge in [-0.1, -0.05) is 18.2 Å². The maximum Gasteiger partial charge on any atom is 0.255 e. The van der Waals surface area contributed by atoms with E-state index in [0.717, 1.165) is 24.0 Å². The first-order valence-corrected chi connectivity index (χ1v) is 8.79. The Morgan fingerprint density at radius 1 is 1.20 bits per heavy atom. The summed E-state index contributed by atoms with van der Waals surface area (Å²) in [4.78, 5) is 38.0. The van der Waals surface area contributed by atoms with Gasteiger partial charge in [-0.3, -0.25) is 19.7 Å². The fourth-order valence-corrected chi connectivity index (χ4v) is 3.86. The number of benzene rings is 1. The van der Waals surface area contributed by atoms with Gasteiger partial charge in [0.25, 0.3) is 5.91 Å². The highest BCUT2D eigenvalue weighted by Crippen LogP contribution is 2.30. The van der Waals surface area contributed by atoms with Gasteiger partial charge in [0.2, 0.25) is 11.8 Å². The fourth-order valence-electron chi connectivity index (χ4n) is 3.86. The number of nitrogens with zero attached hydrogens (tertiary/aromatic N) is 1. The zero-order valence-electron chi connectivity index (χ0n) is 14.0. The maximum absolute atomic E-state index is 12.9. The van der Waals surface area contributed by atoms with Crippen LogP contribution in [-0.2, 0) is 22.7 Å². The lowest BCUT2D eigenvalue weighted by Crippen LogP contribution is -2.53. The zero-order valence-corrected chi connectivity index (χ0v) is 14.0. The number of piperidine rings is 1. The Morgan fingerprint density at radius 2 is 2.04 bits per heavy atom. The number of imide groups is 1. The highest BCUT2D eigenvalue weighted by Gasteiger charge is 2.40. The molecule has 4 N–H and O–H groups in total. The molecule has 3 aliphatic rings. The molecule has 4 rings (SSSR count). The Balaban J connectivity index is 1.52.